The Kier molecular flexibility index (Phi) is 3.81. The second-order valence-corrected chi connectivity index (χ2v) is 6.69. The Hall–Kier alpha value is -0.120. The standard InChI is InChI=1S/C14H28N2O/c1-13(2)11-4-5-14(13,3)12(10-11)17-9-8-16-7-6-15/h11-12,16H,4-10,15H2,1-3H3/p+2/t11-,12+,14+/m0/s1. The molecule has 2 aliphatic carbocycles. The maximum absolute atomic E-state index is 6.17. The monoisotopic (exact) mass is 242 g/mol. The molecule has 3 atom stereocenters. The number of rotatable bonds is 6. The van der Waals surface area contributed by atoms with Crippen molar-refractivity contribution in [3.63, 3.8) is 0 Å². The fourth-order valence-corrected chi connectivity index (χ4v) is 3.96. The van der Waals surface area contributed by atoms with Gasteiger partial charge < -0.3 is 15.8 Å². The van der Waals surface area contributed by atoms with Crippen LogP contribution in [0.3, 0.4) is 0 Å². The summed E-state index contributed by atoms with van der Waals surface area (Å²) in [7, 11) is 0. The van der Waals surface area contributed by atoms with E-state index in [2.05, 4.69) is 31.8 Å². The predicted octanol–water partition coefficient (Wildman–Crippen LogP) is 0.0231. The molecule has 0 saturated heterocycles. The first-order chi connectivity index (χ1) is 8.02. The van der Waals surface area contributed by atoms with Crippen molar-refractivity contribution in [2.75, 3.05) is 26.2 Å². The van der Waals surface area contributed by atoms with E-state index >= 15 is 0 Å². The van der Waals surface area contributed by atoms with Gasteiger partial charge in [0.15, 0.2) is 0 Å². The van der Waals surface area contributed by atoms with Crippen LogP contribution in [0.15, 0.2) is 0 Å². The fourth-order valence-electron chi connectivity index (χ4n) is 3.96. The molecule has 0 aromatic heterocycles. The van der Waals surface area contributed by atoms with E-state index in [0.29, 0.717) is 16.9 Å². The van der Waals surface area contributed by atoms with Crippen LogP contribution < -0.4 is 11.1 Å². The van der Waals surface area contributed by atoms with Crippen molar-refractivity contribution in [2.24, 2.45) is 16.7 Å². The molecule has 0 radical (unpaired) electrons. The smallest absolute Gasteiger partial charge is 0.125 e. The van der Waals surface area contributed by atoms with Crippen LogP contribution in [0.25, 0.3) is 0 Å². The van der Waals surface area contributed by atoms with E-state index in [1.807, 2.05) is 0 Å². The van der Waals surface area contributed by atoms with Crippen molar-refractivity contribution in [2.45, 2.75) is 46.1 Å². The van der Waals surface area contributed by atoms with Gasteiger partial charge in [-0.1, -0.05) is 20.8 Å². The molecule has 2 bridgehead atoms. The molecule has 0 spiro atoms. The molecule has 2 fully saturated rings. The summed E-state index contributed by atoms with van der Waals surface area (Å²) in [5.41, 5.74) is 4.75. The topological polar surface area (TPSA) is 53.5 Å². The molecule has 3 heteroatoms. The highest BCUT2D eigenvalue weighted by atomic mass is 16.5. The molecule has 2 aliphatic rings. The average molecular weight is 242 g/mol. The van der Waals surface area contributed by atoms with Gasteiger partial charge in [-0.2, -0.15) is 0 Å². The summed E-state index contributed by atoms with van der Waals surface area (Å²) in [5.74, 6) is 0.890. The Labute approximate surface area is 105 Å². The van der Waals surface area contributed by atoms with Gasteiger partial charge in [0.2, 0.25) is 0 Å². The Morgan fingerprint density at radius 2 is 2.06 bits per heavy atom. The van der Waals surface area contributed by atoms with Crippen LogP contribution in [0.2, 0.25) is 0 Å². The van der Waals surface area contributed by atoms with E-state index in [1.54, 1.807) is 0 Å². The fraction of sp³-hybridized carbons (Fsp3) is 1.00. The molecule has 100 valence electrons. The Morgan fingerprint density at radius 3 is 2.59 bits per heavy atom. The molecule has 3 nitrogen and oxygen atoms in total. The van der Waals surface area contributed by atoms with Gasteiger partial charge in [-0.3, -0.25) is 0 Å². The van der Waals surface area contributed by atoms with Crippen molar-refractivity contribution in [3.8, 4) is 0 Å². The lowest BCUT2D eigenvalue weighted by Crippen LogP contribution is -2.88. The summed E-state index contributed by atoms with van der Waals surface area (Å²) in [6.45, 7) is 11.5. The summed E-state index contributed by atoms with van der Waals surface area (Å²) in [6, 6.07) is 0. The minimum Gasteiger partial charge on any atom is -0.372 e. The molecule has 0 aromatic rings. The molecule has 5 N–H and O–H groups in total. The quantitative estimate of drug-likeness (QED) is 0.634. The molecule has 2 saturated carbocycles. The van der Waals surface area contributed by atoms with E-state index in [1.165, 1.54) is 19.3 Å². The lowest BCUT2D eigenvalue weighted by molar-refractivity contribution is -0.671. The minimum absolute atomic E-state index is 0.421. The molecule has 0 heterocycles. The van der Waals surface area contributed by atoms with Crippen molar-refractivity contribution in [1.82, 2.24) is 0 Å². The Morgan fingerprint density at radius 1 is 1.29 bits per heavy atom. The zero-order valence-corrected chi connectivity index (χ0v) is 11.8. The van der Waals surface area contributed by atoms with Crippen LogP contribution in [-0.4, -0.2) is 32.3 Å². The number of nitrogens with two attached hydrogens (primary N) is 1. The van der Waals surface area contributed by atoms with Crippen LogP contribution in [0.5, 0.6) is 0 Å². The largest absolute Gasteiger partial charge is 0.372 e. The third kappa shape index (κ3) is 2.13. The summed E-state index contributed by atoms with van der Waals surface area (Å²) in [5, 5.41) is 2.31. The summed E-state index contributed by atoms with van der Waals surface area (Å²) >= 11 is 0. The first kappa shape index (κ1) is 13.3. The van der Waals surface area contributed by atoms with E-state index in [9.17, 15) is 0 Å². The van der Waals surface area contributed by atoms with Crippen molar-refractivity contribution < 1.29 is 15.8 Å². The summed E-state index contributed by atoms with van der Waals surface area (Å²) in [4.78, 5) is 0. The maximum atomic E-state index is 6.17. The van der Waals surface area contributed by atoms with Gasteiger partial charge in [0.1, 0.15) is 13.1 Å². The maximum Gasteiger partial charge on any atom is 0.125 e. The number of fused-ring (bicyclic) bond motifs is 2. The lowest BCUT2D eigenvalue weighted by Gasteiger charge is -2.38. The van der Waals surface area contributed by atoms with Gasteiger partial charge in [-0.25, -0.2) is 0 Å². The molecule has 0 amide bonds. The van der Waals surface area contributed by atoms with E-state index in [4.69, 9.17) is 4.74 Å². The van der Waals surface area contributed by atoms with E-state index in [0.717, 1.165) is 32.2 Å². The molecule has 0 unspecified atom stereocenters. The highest BCUT2D eigenvalue weighted by Gasteiger charge is 2.61. The van der Waals surface area contributed by atoms with Gasteiger partial charge in [-0.15, -0.1) is 0 Å². The predicted molar refractivity (Wildman–Crippen MR) is 68.4 cm³/mol. The van der Waals surface area contributed by atoms with Gasteiger partial charge in [0, 0.05) is 0 Å². The number of ether oxygens (including phenoxy) is 1. The second kappa shape index (κ2) is 4.87. The zero-order valence-electron chi connectivity index (χ0n) is 11.8. The van der Waals surface area contributed by atoms with Crippen LogP contribution in [0.4, 0.5) is 0 Å². The average Bonchev–Trinajstić information content (AvgIpc) is 2.61. The normalized spacial score (nSPS) is 38.8. The molecule has 17 heavy (non-hydrogen) atoms. The summed E-state index contributed by atoms with van der Waals surface area (Å²) < 4.78 is 6.17. The molecular weight excluding hydrogens is 212 g/mol. The van der Waals surface area contributed by atoms with Gasteiger partial charge in [0.25, 0.3) is 0 Å². The number of hydrogen-bond donors (Lipinski definition) is 2. The number of quaternary nitrogens is 2. The highest BCUT2D eigenvalue weighted by Crippen LogP contribution is 2.66. The van der Waals surface area contributed by atoms with Gasteiger partial charge in [-0.05, 0) is 36.0 Å². The van der Waals surface area contributed by atoms with E-state index < -0.39 is 0 Å². The van der Waals surface area contributed by atoms with Crippen LogP contribution in [0, 0.1) is 16.7 Å². The Balaban J connectivity index is 1.80. The lowest BCUT2D eigenvalue weighted by atomic mass is 9.70. The highest BCUT2D eigenvalue weighted by molar-refractivity contribution is 5.11. The molecule has 2 rings (SSSR count). The molecule has 0 aliphatic heterocycles. The third-order valence-electron chi connectivity index (χ3n) is 5.76. The molecule has 0 aromatic carbocycles. The summed E-state index contributed by atoms with van der Waals surface area (Å²) in [6.07, 6.45) is 4.57. The third-order valence-corrected chi connectivity index (χ3v) is 5.76. The van der Waals surface area contributed by atoms with Crippen LogP contribution in [0.1, 0.15) is 40.0 Å². The second-order valence-electron chi connectivity index (χ2n) is 6.69. The number of hydrogen-bond acceptors (Lipinski definition) is 1. The minimum atomic E-state index is 0.421. The van der Waals surface area contributed by atoms with Crippen LogP contribution >= 0.6 is 0 Å². The first-order valence-corrected chi connectivity index (χ1v) is 7.25. The van der Waals surface area contributed by atoms with Crippen LogP contribution in [-0.2, 0) is 4.74 Å². The first-order valence-electron chi connectivity index (χ1n) is 7.25. The van der Waals surface area contributed by atoms with E-state index in [-0.39, 0.29) is 0 Å². The van der Waals surface area contributed by atoms with Gasteiger partial charge >= 0.3 is 0 Å². The molecular formula is C14H30N2O+2. The van der Waals surface area contributed by atoms with Crippen molar-refractivity contribution in [3.05, 3.63) is 0 Å². The van der Waals surface area contributed by atoms with Crippen molar-refractivity contribution >= 4 is 0 Å². The van der Waals surface area contributed by atoms with Crippen molar-refractivity contribution in [1.29, 1.82) is 0 Å². The SMILES string of the molecule is CC1(C)[C@H]2CC[C@]1(C)[C@H](OCC[NH2+]CC[NH3+])C2. The zero-order chi connectivity index (χ0) is 12.5. The Bertz CT molecular complexity index is 267. The van der Waals surface area contributed by atoms with Gasteiger partial charge in [0.05, 0.1) is 19.3 Å².